The highest BCUT2D eigenvalue weighted by Crippen LogP contribution is 2.27. The fourth-order valence-electron chi connectivity index (χ4n) is 3.27. The predicted octanol–water partition coefficient (Wildman–Crippen LogP) is 4.63. The first kappa shape index (κ1) is 22.6. The monoisotopic (exact) mass is 443 g/mol. The maximum absolute atomic E-state index is 12.6. The number of thiophene rings is 1. The van der Waals surface area contributed by atoms with Crippen molar-refractivity contribution in [1.29, 1.82) is 0 Å². The second-order valence-electron chi connectivity index (χ2n) is 8.40. The molecule has 0 radical (unpaired) electrons. The Morgan fingerprint density at radius 2 is 2.03 bits per heavy atom. The number of rotatable bonds is 7. The molecule has 1 unspecified atom stereocenters. The summed E-state index contributed by atoms with van der Waals surface area (Å²) in [6.07, 6.45) is 0. The molecule has 0 aliphatic heterocycles. The van der Waals surface area contributed by atoms with E-state index in [-0.39, 0.29) is 22.1 Å². The Labute approximate surface area is 185 Å². The number of amides is 1. The van der Waals surface area contributed by atoms with Gasteiger partial charge in [-0.05, 0) is 38.8 Å². The molecule has 7 heteroatoms. The third kappa shape index (κ3) is 4.95. The topological polar surface area (TPSA) is 74.8 Å². The van der Waals surface area contributed by atoms with E-state index in [0.717, 1.165) is 15.3 Å². The first-order valence-electron chi connectivity index (χ1n) is 10.0. The highest BCUT2D eigenvalue weighted by atomic mass is 32.2. The van der Waals surface area contributed by atoms with Crippen LogP contribution in [0.4, 0.5) is 0 Å². The van der Waals surface area contributed by atoms with Gasteiger partial charge >= 0.3 is 0 Å². The van der Waals surface area contributed by atoms with Crippen LogP contribution in [0.25, 0.3) is 10.2 Å². The molecule has 2 aromatic heterocycles. The van der Waals surface area contributed by atoms with Crippen molar-refractivity contribution in [3.05, 3.63) is 62.0 Å². The third-order valence-corrected chi connectivity index (χ3v) is 7.69. The normalized spacial score (nSPS) is 12.9. The van der Waals surface area contributed by atoms with Gasteiger partial charge in [0.25, 0.3) is 5.56 Å². The molecule has 5 nitrogen and oxygen atoms in total. The van der Waals surface area contributed by atoms with Crippen LogP contribution in [0.1, 0.15) is 48.2 Å². The van der Waals surface area contributed by atoms with Crippen molar-refractivity contribution in [2.45, 2.75) is 58.0 Å². The third-order valence-electron chi connectivity index (χ3n) is 5.43. The lowest BCUT2D eigenvalue weighted by molar-refractivity contribution is -0.120. The lowest BCUT2D eigenvalue weighted by atomic mass is 9.84. The van der Waals surface area contributed by atoms with E-state index < -0.39 is 0 Å². The molecule has 0 aliphatic rings. The highest BCUT2D eigenvalue weighted by molar-refractivity contribution is 7.99. The van der Waals surface area contributed by atoms with Crippen LogP contribution in [0.15, 0.2) is 29.1 Å². The van der Waals surface area contributed by atoms with Crippen LogP contribution in [0, 0.1) is 20.8 Å². The fourth-order valence-corrected chi connectivity index (χ4v) is 5.10. The second kappa shape index (κ2) is 8.94. The molecule has 0 fully saturated rings. The summed E-state index contributed by atoms with van der Waals surface area (Å²) < 4.78 is 0. The van der Waals surface area contributed by atoms with Crippen molar-refractivity contribution < 1.29 is 4.79 Å². The van der Waals surface area contributed by atoms with Gasteiger partial charge in [0.2, 0.25) is 5.91 Å². The Bertz CT molecular complexity index is 1130. The second-order valence-corrected chi connectivity index (χ2v) is 10.9. The minimum Gasteiger partial charge on any atom is -0.354 e. The quantitative estimate of drug-likeness (QED) is 0.558. The Kier molecular flexibility index (Phi) is 6.72. The van der Waals surface area contributed by atoms with Gasteiger partial charge < -0.3 is 10.3 Å². The van der Waals surface area contributed by atoms with Crippen molar-refractivity contribution in [3.63, 3.8) is 0 Å². The molecule has 3 aromatic rings. The minimum absolute atomic E-state index is 0.00744. The number of hydrogen-bond acceptors (Lipinski definition) is 5. The van der Waals surface area contributed by atoms with Gasteiger partial charge in [-0.2, -0.15) is 0 Å². The molecule has 3 rings (SSSR count). The summed E-state index contributed by atoms with van der Waals surface area (Å²) in [6.45, 7) is 12.7. The molecule has 0 aliphatic carbocycles. The Balaban J connectivity index is 1.59. The fraction of sp³-hybridized carbons (Fsp3) is 0.435. The first-order chi connectivity index (χ1) is 14.1. The van der Waals surface area contributed by atoms with Crippen LogP contribution in [0.3, 0.4) is 0 Å². The van der Waals surface area contributed by atoms with E-state index in [1.165, 1.54) is 34.2 Å². The van der Waals surface area contributed by atoms with Crippen LogP contribution in [0.2, 0.25) is 0 Å². The maximum atomic E-state index is 12.6. The van der Waals surface area contributed by atoms with Crippen molar-refractivity contribution in [1.82, 2.24) is 15.3 Å². The molecule has 1 amide bonds. The van der Waals surface area contributed by atoms with Crippen LogP contribution in [-0.4, -0.2) is 27.7 Å². The summed E-state index contributed by atoms with van der Waals surface area (Å²) in [5.74, 6) is 1.09. The molecule has 0 bridgehead atoms. The molecule has 2 N–H and O–H groups in total. The molecule has 0 spiro atoms. The number of fused-ring (bicyclic) bond motifs is 1. The number of H-pyrrole nitrogens is 1. The van der Waals surface area contributed by atoms with Gasteiger partial charge in [-0.15, -0.1) is 23.1 Å². The number of aryl methyl sites for hydroxylation is 3. The lowest BCUT2D eigenvalue weighted by Crippen LogP contribution is -2.40. The minimum atomic E-state index is -0.244. The number of carbonyl (C=O) groups is 1. The van der Waals surface area contributed by atoms with E-state index >= 15 is 0 Å². The molecule has 0 saturated carbocycles. The van der Waals surface area contributed by atoms with Gasteiger partial charge in [-0.3, -0.25) is 9.59 Å². The van der Waals surface area contributed by atoms with Gasteiger partial charge in [0, 0.05) is 16.8 Å². The van der Waals surface area contributed by atoms with Gasteiger partial charge in [0.05, 0.1) is 16.4 Å². The van der Waals surface area contributed by atoms with Crippen molar-refractivity contribution in [2.75, 3.05) is 6.54 Å². The predicted molar refractivity (Wildman–Crippen MR) is 128 cm³/mol. The maximum Gasteiger partial charge on any atom is 0.259 e. The molecular formula is C23H29N3O2S2. The number of thioether (sulfide) groups is 1. The van der Waals surface area contributed by atoms with Gasteiger partial charge in [-0.25, -0.2) is 4.98 Å². The zero-order chi connectivity index (χ0) is 22.1. The SMILES string of the molecule is Cc1cccc(C(C)(C)CNC(=O)C(C)SCc2nc3sc(C)c(C)c3c(=O)[nH]2)c1. The van der Waals surface area contributed by atoms with E-state index in [1.807, 2.05) is 26.8 Å². The molecule has 1 atom stereocenters. The molecule has 0 saturated heterocycles. The highest BCUT2D eigenvalue weighted by Gasteiger charge is 2.23. The van der Waals surface area contributed by atoms with Crippen molar-refractivity contribution in [3.8, 4) is 0 Å². The summed E-state index contributed by atoms with van der Waals surface area (Å²) >= 11 is 3.01. The number of aromatic nitrogens is 2. The van der Waals surface area contributed by atoms with Crippen LogP contribution >= 0.6 is 23.1 Å². The van der Waals surface area contributed by atoms with Gasteiger partial charge in [0.15, 0.2) is 0 Å². The summed E-state index contributed by atoms with van der Waals surface area (Å²) in [4.78, 5) is 34.4. The number of aromatic amines is 1. The smallest absolute Gasteiger partial charge is 0.259 e. The van der Waals surface area contributed by atoms with Crippen LogP contribution in [0.5, 0.6) is 0 Å². The van der Waals surface area contributed by atoms with E-state index in [4.69, 9.17) is 0 Å². The number of benzene rings is 1. The summed E-state index contributed by atoms with van der Waals surface area (Å²) in [6, 6.07) is 8.39. The Morgan fingerprint density at radius 1 is 1.30 bits per heavy atom. The van der Waals surface area contributed by atoms with Gasteiger partial charge in [0.1, 0.15) is 10.7 Å². The lowest BCUT2D eigenvalue weighted by Gasteiger charge is -2.26. The molecular weight excluding hydrogens is 414 g/mol. The van der Waals surface area contributed by atoms with E-state index in [1.54, 1.807) is 0 Å². The molecule has 2 heterocycles. The van der Waals surface area contributed by atoms with Crippen LogP contribution < -0.4 is 10.9 Å². The Hall–Kier alpha value is -2.12. The van der Waals surface area contributed by atoms with E-state index in [0.29, 0.717) is 23.5 Å². The van der Waals surface area contributed by atoms with Crippen molar-refractivity contribution in [2.24, 2.45) is 0 Å². The largest absolute Gasteiger partial charge is 0.354 e. The number of hydrogen-bond donors (Lipinski definition) is 2. The molecule has 30 heavy (non-hydrogen) atoms. The van der Waals surface area contributed by atoms with E-state index in [9.17, 15) is 9.59 Å². The Morgan fingerprint density at radius 3 is 2.73 bits per heavy atom. The number of nitrogens with zero attached hydrogens (tertiary/aromatic N) is 1. The zero-order valence-electron chi connectivity index (χ0n) is 18.4. The van der Waals surface area contributed by atoms with Crippen LogP contribution in [-0.2, 0) is 16.0 Å². The average molecular weight is 444 g/mol. The average Bonchev–Trinajstić information content (AvgIpc) is 2.98. The van der Waals surface area contributed by atoms with Gasteiger partial charge in [-0.1, -0.05) is 43.7 Å². The molecule has 160 valence electrons. The summed E-state index contributed by atoms with van der Waals surface area (Å²) in [5, 5.41) is 3.51. The van der Waals surface area contributed by atoms with Crippen molar-refractivity contribution >= 4 is 39.2 Å². The number of carbonyl (C=O) groups excluding carboxylic acids is 1. The van der Waals surface area contributed by atoms with E-state index in [2.05, 4.69) is 54.3 Å². The summed E-state index contributed by atoms with van der Waals surface area (Å²) in [5.41, 5.74) is 3.16. The zero-order valence-corrected chi connectivity index (χ0v) is 20.0. The number of nitrogens with one attached hydrogen (secondary N) is 2. The summed E-state index contributed by atoms with van der Waals surface area (Å²) in [7, 11) is 0. The molecule has 1 aromatic carbocycles. The standard InChI is InChI=1S/C23H29N3O2S2/c1-13-8-7-9-17(10-13)23(5,6)12-24-20(27)16(4)29-11-18-25-21(28)19-14(2)15(3)30-22(19)26-18/h7-10,16H,11-12H2,1-6H3,(H,24,27)(H,25,26,28). The first-order valence-corrected chi connectivity index (χ1v) is 11.9.